The lowest BCUT2D eigenvalue weighted by atomic mass is 10.1. The molecule has 168 valence electrons. The average molecular weight is 445 g/mol. The van der Waals surface area contributed by atoms with Crippen LogP contribution in [-0.2, 0) is 4.79 Å². The number of amides is 4. The predicted octanol–water partition coefficient (Wildman–Crippen LogP) is 2.30. The molecule has 0 unspecified atom stereocenters. The van der Waals surface area contributed by atoms with Crippen molar-refractivity contribution >= 4 is 29.3 Å². The van der Waals surface area contributed by atoms with Crippen molar-refractivity contribution in [2.24, 2.45) is 0 Å². The molecule has 0 aliphatic heterocycles. The minimum absolute atomic E-state index is 0.201. The highest BCUT2D eigenvalue weighted by Gasteiger charge is 2.22. The summed E-state index contributed by atoms with van der Waals surface area (Å²) in [6, 6.07) is 17.3. The van der Waals surface area contributed by atoms with E-state index in [0.717, 1.165) is 0 Å². The molecule has 1 heterocycles. The molecule has 0 aliphatic carbocycles. The number of nitrogens with one attached hydrogen (secondary N) is 4. The van der Waals surface area contributed by atoms with Crippen molar-refractivity contribution in [2.75, 3.05) is 5.32 Å². The Labute approximate surface area is 190 Å². The van der Waals surface area contributed by atoms with Gasteiger partial charge in [-0.05, 0) is 42.8 Å². The molecule has 0 saturated carbocycles. The summed E-state index contributed by atoms with van der Waals surface area (Å²) in [6.45, 7) is 1.72. The van der Waals surface area contributed by atoms with Crippen molar-refractivity contribution in [1.82, 2.24) is 21.2 Å². The van der Waals surface area contributed by atoms with E-state index in [4.69, 9.17) is 0 Å². The van der Waals surface area contributed by atoms with Crippen LogP contribution in [0.1, 0.15) is 44.4 Å². The Morgan fingerprint density at radius 2 is 1.48 bits per heavy atom. The first kappa shape index (κ1) is 23.1. The smallest absolute Gasteiger partial charge is 0.271 e. The molecule has 0 fully saturated rings. The lowest BCUT2D eigenvalue weighted by Gasteiger charge is -2.18. The number of rotatable bonds is 7. The number of pyridine rings is 1. The summed E-state index contributed by atoms with van der Waals surface area (Å²) >= 11 is 0. The maximum atomic E-state index is 12.9. The average Bonchev–Trinajstić information content (AvgIpc) is 2.86. The molecular weight excluding hydrogens is 422 g/mol. The minimum atomic E-state index is -0.912. The Hall–Kier alpha value is -4.53. The monoisotopic (exact) mass is 445 g/mol. The summed E-state index contributed by atoms with van der Waals surface area (Å²) in [5, 5.41) is 5.36. The summed E-state index contributed by atoms with van der Waals surface area (Å²) in [5.74, 6) is -2.03. The third kappa shape index (κ3) is 6.23. The SMILES string of the molecule is CC[C@H](NC(=O)c1ccccc1NC(=O)c1ccccc1)C(=O)NNC(=O)c1cccnc1. The van der Waals surface area contributed by atoms with Gasteiger partial charge >= 0.3 is 0 Å². The van der Waals surface area contributed by atoms with Gasteiger partial charge in [0.1, 0.15) is 6.04 Å². The van der Waals surface area contributed by atoms with Gasteiger partial charge < -0.3 is 10.6 Å². The first-order valence-corrected chi connectivity index (χ1v) is 10.3. The van der Waals surface area contributed by atoms with Crippen molar-refractivity contribution in [3.63, 3.8) is 0 Å². The number of carbonyl (C=O) groups is 4. The van der Waals surface area contributed by atoms with E-state index >= 15 is 0 Å². The molecule has 9 heteroatoms. The Balaban J connectivity index is 1.63. The first-order valence-electron chi connectivity index (χ1n) is 10.3. The van der Waals surface area contributed by atoms with Gasteiger partial charge in [0, 0.05) is 18.0 Å². The minimum Gasteiger partial charge on any atom is -0.340 e. The van der Waals surface area contributed by atoms with Crippen LogP contribution in [0.25, 0.3) is 0 Å². The fraction of sp³-hybridized carbons (Fsp3) is 0.125. The van der Waals surface area contributed by atoms with Crippen LogP contribution in [0.5, 0.6) is 0 Å². The van der Waals surface area contributed by atoms with Gasteiger partial charge in [0.15, 0.2) is 0 Å². The van der Waals surface area contributed by atoms with Gasteiger partial charge in [0.2, 0.25) is 0 Å². The molecule has 0 bridgehead atoms. The molecule has 0 aliphatic rings. The zero-order valence-corrected chi connectivity index (χ0v) is 17.9. The highest BCUT2D eigenvalue weighted by Crippen LogP contribution is 2.17. The van der Waals surface area contributed by atoms with Crippen molar-refractivity contribution in [2.45, 2.75) is 19.4 Å². The maximum Gasteiger partial charge on any atom is 0.271 e. The number of aromatic nitrogens is 1. The third-order valence-electron chi connectivity index (χ3n) is 4.71. The molecule has 1 atom stereocenters. The Morgan fingerprint density at radius 3 is 2.18 bits per heavy atom. The highest BCUT2D eigenvalue weighted by molar-refractivity contribution is 6.09. The molecule has 0 radical (unpaired) electrons. The van der Waals surface area contributed by atoms with Crippen LogP contribution in [0.15, 0.2) is 79.1 Å². The zero-order chi connectivity index (χ0) is 23.6. The molecule has 0 spiro atoms. The molecule has 3 aromatic rings. The normalized spacial score (nSPS) is 11.1. The van der Waals surface area contributed by atoms with Gasteiger partial charge in [-0.3, -0.25) is 35.0 Å². The standard InChI is InChI=1S/C24H23N5O4/c1-2-19(24(33)29-28-22(31)17-11-8-14-25-15-17)26-23(32)18-12-6-7-13-20(18)27-21(30)16-9-4-3-5-10-16/h3-15,19H,2H2,1H3,(H,26,32)(H,27,30)(H,28,31)(H,29,33)/t19-/m0/s1. The molecule has 4 N–H and O–H groups in total. The van der Waals surface area contributed by atoms with Crippen LogP contribution in [0.4, 0.5) is 5.69 Å². The van der Waals surface area contributed by atoms with E-state index < -0.39 is 23.8 Å². The van der Waals surface area contributed by atoms with E-state index in [9.17, 15) is 19.2 Å². The number of carbonyl (C=O) groups excluding carboxylic acids is 4. The van der Waals surface area contributed by atoms with E-state index in [0.29, 0.717) is 11.3 Å². The van der Waals surface area contributed by atoms with Crippen molar-refractivity contribution in [1.29, 1.82) is 0 Å². The molecular formula is C24H23N5O4. The summed E-state index contributed by atoms with van der Waals surface area (Å²) in [7, 11) is 0. The lowest BCUT2D eigenvalue weighted by molar-refractivity contribution is -0.123. The number of hydrogen-bond donors (Lipinski definition) is 4. The summed E-state index contributed by atoms with van der Waals surface area (Å²) in [6.07, 6.45) is 3.16. The van der Waals surface area contributed by atoms with Crippen LogP contribution in [0, 0.1) is 0 Å². The van der Waals surface area contributed by atoms with Gasteiger partial charge in [0.25, 0.3) is 23.6 Å². The number of para-hydroxylation sites is 1. The van der Waals surface area contributed by atoms with E-state index in [2.05, 4.69) is 26.5 Å². The number of nitrogens with zero attached hydrogens (tertiary/aromatic N) is 1. The van der Waals surface area contributed by atoms with Crippen molar-refractivity contribution < 1.29 is 19.2 Å². The van der Waals surface area contributed by atoms with Crippen LogP contribution < -0.4 is 21.5 Å². The number of anilines is 1. The van der Waals surface area contributed by atoms with E-state index in [1.54, 1.807) is 73.7 Å². The molecule has 1 aromatic heterocycles. The topological polar surface area (TPSA) is 129 Å². The summed E-state index contributed by atoms with van der Waals surface area (Å²) in [4.78, 5) is 53.8. The summed E-state index contributed by atoms with van der Waals surface area (Å²) < 4.78 is 0. The Bertz CT molecular complexity index is 1140. The Morgan fingerprint density at radius 1 is 0.788 bits per heavy atom. The number of hydrazine groups is 1. The van der Waals surface area contributed by atoms with Crippen LogP contribution in [0.2, 0.25) is 0 Å². The fourth-order valence-electron chi connectivity index (χ4n) is 2.94. The number of hydrogen-bond acceptors (Lipinski definition) is 5. The van der Waals surface area contributed by atoms with Crippen LogP contribution in [-0.4, -0.2) is 34.7 Å². The molecule has 0 saturated heterocycles. The van der Waals surface area contributed by atoms with Gasteiger partial charge in [0.05, 0.1) is 16.8 Å². The molecule has 9 nitrogen and oxygen atoms in total. The van der Waals surface area contributed by atoms with Gasteiger partial charge in [-0.15, -0.1) is 0 Å². The Kier molecular flexibility index (Phi) is 7.85. The second-order valence-electron chi connectivity index (χ2n) is 6.99. The van der Waals surface area contributed by atoms with Gasteiger partial charge in [-0.2, -0.15) is 0 Å². The second-order valence-corrected chi connectivity index (χ2v) is 6.99. The maximum absolute atomic E-state index is 12.9. The third-order valence-corrected chi connectivity index (χ3v) is 4.71. The quantitative estimate of drug-likeness (QED) is 0.415. The lowest BCUT2D eigenvalue weighted by Crippen LogP contribution is -2.52. The highest BCUT2D eigenvalue weighted by atomic mass is 16.2. The number of benzene rings is 2. The van der Waals surface area contributed by atoms with Crippen LogP contribution in [0.3, 0.4) is 0 Å². The predicted molar refractivity (Wildman–Crippen MR) is 122 cm³/mol. The second kappa shape index (κ2) is 11.2. The first-order chi connectivity index (χ1) is 16.0. The zero-order valence-electron chi connectivity index (χ0n) is 17.9. The van der Waals surface area contributed by atoms with Crippen molar-refractivity contribution in [3.8, 4) is 0 Å². The van der Waals surface area contributed by atoms with Gasteiger partial charge in [-0.25, -0.2) is 0 Å². The fourth-order valence-corrected chi connectivity index (χ4v) is 2.94. The van der Waals surface area contributed by atoms with E-state index in [1.165, 1.54) is 12.4 Å². The summed E-state index contributed by atoms with van der Waals surface area (Å²) in [5.41, 5.74) is 5.84. The van der Waals surface area contributed by atoms with Crippen LogP contribution >= 0.6 is 0 Å². The van der Waals surface area contributed by atoms with Gasteiger partial charge in [-0.1, -0.05) is 37.3 Å². The molecule has 2 aromatic carbocycles. The molecule has 33 heavy (non-hydrogen) atoms. The largest absolute Gasteiger partial charge is 0.340 e. The molecule has 3 rings (SSSR count). The van der Waals surface area contributed by atoms with E-state index in [1.807, 2.05) is 0 Å². The molecule has 4 amide bonds. The van der Waals surface area contributed by atoms with Crippen molar-refractivity contribution in [3.05, 3.63) is 95.8 Å². The van der Waals surface area contributed by atoms with E-state index in [-0.39, 0.29) is 23.5 Å².